The fourth-order valence-electron chi connectivity index (χ4n) is 3.22. The Kier molecular flexibility index (Phi) is 6.07. The number of anilines is 3. The average Bonchev–Trinajstić information content (AvgIpc) is 3.02. The SMILES string of the molecule is Cc1cc(C)c(NC(=O)Cn2nnc(C(=O)Nc3cccc(Cl)c3C)c2N)c(C)c1. The van der Waals surface area contributed by atoms with Crippen LogP contribution in [0.15, 0.2) is 30.3 Å². The quantitative estimate of drug-likeness (QED) is 0.576. The second kappa shape index (κ2) is 8.54. The summed E-state index contributed by atoms with van der Waals surface area (Å²) >= 11 is 6.08. The molecule has 0 fully saturated rings. The van der Waals surface area contributed by atoms with E-state index in [0.29, 0.717) is 10.7 Å². The number of aromatic nitrogens is 3. The molecule has 3 aromatic rings. The van der Waals surface area contributed by atoms with Gasteiger partial charge in [-0.05, 0) is 56.5 Å². The Hall–Kier alpha value is -3.39. The third-order valence-corrected chi connectivity index (χ3v) is 5.15. The molecule has 0 saturated carbocycles. The second-order valence-electron chi connectivity index (χ2n) is 7.17. The van der Waals surface area contributed by atoms with Gasteiger partial charge in [-0.3, -0.25) is 9.59 Å². The van der Waals surface area contributed by atoms with E-state index in [-0.39, 0.29) is 24.0 Å². The molecule has 9 heteroatoms. The zero-order chi connectivity index (χ0) is 22.0. The Morgan fingerprint density at radius 2 is 1.77 bits per heavy atom. The first-order valence-corrected chi connectivity index (χ1v) is 9.68. The molecule has 1 aromatic heterocycles. The fourth-order valence-corrected chi connectivity index (χ4v) is 3.39. The fraction of sp³-hybridized carbons (Fsp3) is 0.238. The first-order chi connectivity index (χ1) is 14.2. The number of nitrogen functional groups attached to an aromatic ring is 1. The van der Waals surface area contributed by atoms with Crippen molar-refractivity contribution in [3.8, 4) is 0 Å². The van der Waals surface area contributed by atoms with Crippen LogP contribution in [0.4, 0.5) is 17.2 Å². The lowest BCUT2D eigenvalue weighted by Crippen LogP contribution is -2.22. The molecule has 3 rings (SSSR count). The molecule has 0 unspecified atom stereocenters. The third kappa shape index (κ3) is 4.44. The molecule has 0 aliphatic heterocycles. The molecule has 0 spiro atoms. The molecule has 1 heterocycles. The highest BCUT2D eigenvalue weighted by Gasteiger charge is 2.20. The minimum absolute atomic E-state index is 0.000295. The minimum atomic E-state index is -0.533. The highest BCUT2D eigenvalue weighted by atomic mass is 35.5. The monoisotopic (exact) mass is 426 g/mol. The largest absolute Gasteiger partial charge is 0.382 e. The summed E-state index contributed by atoms with van der Waals surface area (Å²) in [5, 5.41) is 13.8. The van der Waals surface area contributed by atoms with Gasteiger partial charge in [-0.2, -0.15) is 0 Å². The topological polar surface area (TPSA) is 115 Å². The number of hydrogen-bond donors (Lipinski definition) is 3. The molecule has 0 aliphatic carbocycles. The van der Waals surface area contributed by atoms with E-state index in [4.69, 9.17) is 17.3 Å². The van der Waals surface area contributed by atoms with Gasteiger partial charge in [-0.25, -0.2) is 4.68 Å². The van der Waals surface area contributed by atoms with Crippen LogP contribution in [0.2, 0.25) is 5.02 Å². The van der Waals surface area contributed by atoms with Gasteiger partial charge in [0.2, 0.25) is 5.91 Å². The lowest BCUT2D eigenvalue weighted by atomic mass is 10.1. The van der Waals surface area contributed by atoms with Gasteiger partial charge in [0.15, 0.2) is 11.5 Å². The molecule has 2 aromatic carbocycles. The summed E-state index contributed by atoms with van der Waals surface area (Å²) < 4.78 is 1.19. The number of rotatable bonds is 5. The Morgan fingerprint density at radius 1 is 1.10 bits per heavy atom. The van der Waals surface area contributed by atoms with E-state index in [2.05, 4.69) is 20.9 Å². The van der Waals surface area contributed by atoms with Gasteiger partial charge in [0.1, 0.15) is 6.54 Å². The van der Waals surface area contributed by atoms with Crippen LogP contribution in [0.3, 0.4) is 0 Å². The van der Waals surface area contributed by atoms with E-state index in [0.717, 1.165) is 27.9 Å². The van der Waals surface area contributed by atoms with Crippen molar-refractivity contribution in [2.24, 2.45) is 0 Å². The van der Waals surface area contributed by atoms with Crippen LogP contribution in [0.1, 0.15) is 32.7 Å². The predicted molar refractivity (Wildman–Crippen MR) is 118 cm³/mol. The summed E-state index contributed by atoms with van der Waals surface area (Å²) in [5.74, 6) is -0.853. The van der Waals surface area contributed by atoms with Gasteiger partial charge in [0, 0.05) is 16.4 Å². The number of carbonyl (C=O) groups is 2. The molecule has 8 nitrogen and oxygen atoms in total. The summed E-state index contributed by atoms with van der Waals surface area (Å²) in [7, 11) is 0. The van der Waals surface area contributed by atoms with Crippen LogP contribution >= 0.6 is 11.6 Å². The molecule has 0 bridgehead atoms. The first kappa shape index (κ1) is 21.3. The van der Waals surface area contributed by atoms with E-state index < -0.39 is 5.91 Å². The smallest absolute Gasteiger partial charge is 0.280 e. The number of nitrogens with two attached hydrogens (primary N) is 1. The Morgan fingerprint density at radius 3 is 2.43 bits per heavy atom. The number of benzene rings is 2. The first-order valence-electron chi connectivity index (χ1n) is 9.30. The van der Waals surface area contributed by atoms with Crippen molar-refractivity contribution in [1.29, 1.82) is 0 Å². The zero-order valence-electron chi connectivity index (χ0n) is 17.2. The third-order valence-electron chi connectivity index (χ3n) is 4.74. The van der Waals surface area contributed by atoms with E-state index >= 15 is 0 Å². The van der Waals surface area contributed by atoms with Crippen molar-refractivity contribution in [2.75, 3.05) is 16.4 Å². The summed E-state index contributed by atoms with van der Waals surface area (Å²) in [6, 6.07) is 9.16. The van der Waals surface area contributed by atoms with Gasteiger partial charge < -0.3 is 16.4 Å². The number of amides is 2. The molecule has 30 heavy (non-hydrogen) atoms. The van der Waals surface area contributed by atoms with Crippen LogP contribution in [0.25, 0.3) is 0 Å². The maximum atomic E-state index is 12.6. The number of carbonyl (C=O) groups excluding carboxylic acids is 2. The average molecular weight is 427 g/mol. The highest BCUT2D eigenvalue weighted by Crippen LogP contribution is 2.24. The van der Waals surface area contributed by atoms with E-state index in [9.17, 15) is 9.59 Å². The van der Waals surface area contributed by atoms with Crippen LogP contribution in [0.5, 0.6) is 0 Å². The molecule has 156 valence electrons. The van der Waals surface area contributed by atoms with Crippen molar-refractivity contribution in [3.05, 3.63) is 63.3 Å². The molecular weight excluding hydrogens is 404 g/mol. The van der Waals surface area contributed by atoms with Crippen LogP contribution < -0.4 is 16.4 Å². The lowest BCUT2D eigenvalue weighted by Gasteiger charge is -2.13. The Bertz CT molecular complexity index is 1120. The standard InChI is InChI=1S/C21H23ClN6O2/c1-11-8-12(2)18(13(3)9-11)25-17(29)10-28-20(23)19(26-27-28)21(30)24-16-7-5-6-15(22)14(16)4/h5-9H,10,23H2,1-4H3,(H,24,30)(H,25,29). The number of hydrogen-bond acceptors (Lipinski definition) is 5. The molecule has 0 radical (unpaired) electrons. The minimum Gasteiger partial charge on any atom is -0.382 e. The van der Waals surface area contributed by atoms with Crippen molar-refractivity contribution in [1.82, 2.24) is 15.0 Å². The number of nitrogens with one attached hydrogen (secondary N) is 2. The highest BCUT2D eigenvalue weighted by molar-refractivity contribution is 6.31. The van der Waals surface area contributed by atoms with Gasteiger partial charge in [-0.1, -0.05) is 40.6 Å². The summed E-state index contributed by atoms with van der Waals surface area (Å²) in [4.78, 5) is 25.1. The van der Waals surface area contributed by atoms with Gasteiger partial charge in [-0.15, -0.1) is 5.10 Å². The van der Waals surface area contributed by atoms with Crippen molar-refractivity contribution >= 4 is 40.6 Å². The normalized spacial score (nSPS) is 10.7. The zero-order valence-corrected chi connectivity index (χ0v) is 18.0. The van der Waals surface area contributed by atoms with E-state index in [1.165, 1.54) is 4.68 Å². The summed E-state index contributed by atoms with van der Waals surface area (Å²) in [6.07, 6.45) is 0. The maximum Gasteiger partial charge on any atom is 0.280 e. The van der Waals surface area contributed by atoms with Gasteiger partial charge in [0.05, 0.1) is 0 Å². The Balaban J connectivity index is 1.73. The summed E-state index contributed by atoms with van der Waals surface area (Å²) in [5.41, 5.74) is 11.0. The molecule has 2 amide bonds. The molecule has 4 N–H and O–H groups in total. The lowest BCUT2D eigenvalue weighted by molar-refractivity contribution is -0.116. The van der Waals surface area contributed by atoms with Crippen molar-refractivity contribution < 1.29 is 9.59 Å². The van der Waals surface area contributed by atoms with Crippen molar-refractivity contribution in [2.45, 2.75) is 34.2 Å². The molecule has 0 atom stereocenters. The number of nitrogens with zero attached hydrogens (tertiary/aromatic N) is 3. The van der Waals surface area contributed by atoms with Crippen LogP contribution in [-0.4, -0.2) is 26.8 Å². The van der Waals surface area contributed by atoms with E-state index in [1.54, 1.807) is 25.1 Å². The van der Waals surface area contributed by atoms with E-state index in [1.807, 2.05) is 32.9 Å². The second-order valence-corrected chi connectivity index (χ2v) is 7.58. The van der Waals surface area contributed by atoms with Crippen LogP contribution in [-0.2, 0) is 11.3 Å². The van der Waals surface area contributed by atoms with Crippen molar-refractivity contribution in [3.63, 3.8) is 0 Å². The molecule has 0 aliphatic rings. The van der Waals surface area contributed by atoms with Gasteiger partial charge >= 0.3 is 0 Å². The van der Waals surface area contributed by atoms with Gasteiger partial charge in [0.25, 0.3) is 5.91 Å². The summed E-state index contributed by atoms with van der Waals surface area (Å²) in [6.45, 7) is 7.48. The molecular formula is C21H23ClN6O2. The predicted octanol–water partition coefficient (Wildman–Crippen LogP) is 3.64. The Labute approximate surface area is 179 Å². The number of aryl methyl sites for hydroxylation is 3. The maximum absolute atomic E-state index is 12.6. The molecule has 0 saturated heterocycles. The number of halogens is 1. The van der Waals surface area contributed by atoms with Crippen LogP contribution in [0, 0.1) is 27.7 Å².